The fraction of sp³-hybridized carbons (Fsp3) is 0.538. The van der Waals surface area contributed by atoms with Crippen molar-refractivity contribution in [2.24, 2.45) is 0 Å². The average molecular weight is 346 g/mol. The number of benzene rings is 1. The van der Waals surface area contributed by atoms with Gasteiger partial charge in [0, 0.05) is 10.7 Å². The summed E-state index contributed by atoms with van der Waals surface area (Å²) in [7, 11) is -3.24. The van der Waals surface area contributed by atoms with Crippen LogP contribution in [-0.4, -0.2) is 32.9 Å². The number of para-hydroxylation sites is 1. The third kappa shape index (κ3) is 2.53. The zero-order valence-corrected chi connectivity index (χ0v) is 13.0. The van der Waals surface area contributed by atoms with Crippen LogP contribution in [0.4, 0.5) is 5.69 Å². The molecule has 3 rings (SSSR count). The fourth-order valence-electron chi connectivity index (χ4n) is 2.93. The third-order valence-electron chi connectivity index (χ3n) is 3.81. The highest BCUT2D eigenvalue weighted by Crippen LogP contribution is 2.38. The zero-order chi connectivity index (χ0) is 13.6. The van der Waals surface area contributed by atoms with Gasteiger partial charge in [0.15, 0.2) is 9.84 Å². The van der Waals surface area contributed by atoms with Crippen molar-refractivity contribution in [1.29, 1.82) is 0 Å². The van der Waals surface area contributed by atoms with Crippen molar-refractivity contribution in [2.45, 2.75) is 42.4 Å². The normalized spacial score (nSPS) is 29.7. The van der Waals surface area contributed by atoms with E-state index in [4.69, 9.17) is 4.74 Å². The van der Waals surface area contributed by atoms with Gasteiger partial charge >= 0.3 is 0 Å². The van der Waals surface area contributed by atoms with Crippen molar-refractivity contribution in [3.05, 3.63) is 22.7 Å². The maximum atomic E-state index is 11.8. The molecule has 19 heavy (non-hydrogen) atoms. The Kier molecular flexibility index (Phi) is 3.35. The van der Waals surface area contributed by atoms with E-state index in [1.165, 1.54) is 6.26 Å². The summed E-state index contributed by atoms with van der Waals surface area (Å²) >= 11 is 3.43. The van der Waals surface area contributed by atoms with E-state index in [2.05, 4.69) is 21.2 Å². The van der Waals surface area contributed by atoms with E-state index in [0.717, 1.165) is 23.7 Å². The highest BCUT2D eigenvalue weighted by Gasteiger charge is 2.41. The molecule has 2 aliphatic rings. The lowest BCUT2D eigenvalue weighted by atomic mass is 9.95. The molecule has 4 nitrogen and oxygen atoms in total. The minimum absolute atomic E-state index is 0.206. The van der Waals surface area contributed by atoms with E-state index in [1.807, 2.05) is 6.07 Å². The minimum atomic E-state index is -3.24. The van der Waals surface area contributed by atoms with E-state index in [9.17, 15) is 8.42 Å². The van der Waals surface area contributed by atoms with Gasteiger partial charge in [0.2, 0.25) is 0 Å². The first-order chi connectivity index (χ1) is 8.95. The molecule has 2 fully saturated rings. The molecule has 2 heterocycles. The van der Waals surface area contributed by atoms with Gasteiger partial charge in [-0.3, -0.25) is 0 Å². The number of fused-ring (bicyclic) bond motifs is 2. The van der Waals surface area contributed by atoms with Gasteiger partial charge in [-0.05, 0) is 47.3 Å². The fourth-order valence-corrected chi connectivity index (χ4v) is 4.41. The summed E-state index contributed by atoms with van der Waals surface area (Å²) in [4.78, 5) is 0.338. The van der Waals surface area contributed by atoms with Crippen molar-refractivity contribution in [2.75, 3.05) is 11.6 Å². The van der Waals surface area contributed by atoms with Crippen LogP contribution < -0.4 is 5.32 Å². The molecule has 2 aliphatic heterocycles. The van der Waals surface area contributed by atoms with Gasteiger partial charge in [0.1, 0.15) is 0 Å². The van der Waals surface area contributed by atoms with Gasteiger partial charge in [-0.2, -0.15) is 0 Å². The summed E-state index contributed by atoms with van der Waals surface area (Å²) < 4.78 is 30.3. The van der Waals surface area contributed by atoms with Crippen molar-refractivity contribution in [1.82, 2.24) is 0 Å². The van der Waals surface area contributed by atoms with Crippen molar-refractivity contribution >= 4 is 31.5 Å². The van der Waals surface area contributed by atoms with Crippen LogP contribution in [0.3, 0.4) is 0 Å². The molecule has 6 heteroatoms. The quantitative estimate of drug-likeness (QED) is 0.914. The lowest BCUT2D eigenvalue weighted by Crippen LogP contribution is -2.31. The summed E-state index contributed by atoms with van der Waals surface area (Å²) in [5.41, 5.74) is 0.658. The molecule has 0 radical (unpaired) electrons. The smallest absolute Gasteiger partial charge is 0.177 e. The minimum Gasteiger partial charge on any atom is -0.378 e. The summed E-state index contributed by atoms with van der Waals surface area (Å²) in [5, 5.41) is 3.36. The molecule has 0 spiro atoms. The topological polar surface area (TPSA) is 55.4 Å². The van der Waals surface area contributed by atoms with Gasteiger partial charge in [-0.1, -0.05) is 6.07 Å². The molecule has 0 aromatic heterocycles. The summed E-state index contributed by atoms with van der Waals surface area (Å²) in [6.07, 6.45) is 4.92. The number of hydrogen-bond acceptors (Lipinski definition) is 4. The highest BCUT2D eigenvalue weighted by atomic mass is 79.9. The molecular weight excluding hydrogens is 330 g/mol. The standard InChI is InChI=1S/C13H16BrNO3S/c1-19(16,17)12-4-2-3-9(14)13(12)15-10-7-8-5-6-11(10)18-8/h2-4,8,10-11,15H,5-7H2,1H3/t8-,10-,11-/m1/s1. The average Bonchev–Trinajstić information content (AvgIpc) is 2.92. The SMILES string of the molecule is CS(=O)(=O)c1cccc(Br)c1N[C@@H]1C[C@H]2CC[C@H]1O2. The molecular formula is C13H16BrNO3S. The number of ether oxygens (including phenoxy) is 1. The van der Waals surface area contributed by atoms with E-state index < -0.39 is 9.84 Å². The van der Waals surface area contributed by atoms with E-state index in [0.29, 0.717) is 16.7 Å². The molecule has 104 valence electrons. The lowest BCUT2D eigenvalue weighted by Gasteiger charge is -2.23. The van der Waals surface area contributed by atoms with Crippen molar-refractivity contribution < 1.29 is 13.2 Å². The maximum absolute atomic E-state index is 11.8. The first-order valence-corrected chi connectivity index (χ1v) is 9.04. The number of anilines is 1. The number of halogens is 1. The Balaban J connectivity index is 1.92. The molecule has 0 saturated carbocycles. The number of hydrogen-bond donors (Lipinski definition) is 1. The van der Waals surface area contributed by atoms with E-state index >= 15 is 0 Å². The monoisotopic (exact) mass is 345 g/mol. The molecule has 1 N–H and O–H groups in total. The largest absolute Gasteiger partial charge is 0.378 e. The predicted octanol–water partition coefficient (Wildman–Crippen LogP) is 2.58. The van der Waals surface area contributed by atoms with Crippen LogP contribution in [0.2, 0.25) is 0 Å². The highest BCUT2D eigenvalue weighted by molar-refractivity contribution is 9.10. The van der Waals surface area contributed by atoms with Gasteiger partial charge in [0.05, 0.1) is 28.8 Å². The molecule has 2 saturated heterocycles. The second-order valence-corrected chi connectivity index (χ2v) is 8.08. The number of rotatable bonds is 3. The molecule has 3 atom stereocenters. The van der Waals surface area contributed by atoms with E-state index in [-0.39, 0.29) is 12.1 Å². The van der Waals surface area contributed by atoms with Gasteiger partial charge < -0.3 is 10.1 Å². The Morgan fingerprint density at radius 3 is 2.74 bits per heavy atom. The summed E-state index contributed by atoms with van der Waals surface area (Å²) in [5.74, 6) is 0. The molecule has 0 aliphatic carbocycles. The third-order valence-corrected chi connectivity index (χ3v) is 5.61. The Hall–Kier alpha value is -0.590. The second-order valence-electron chi connectivity index (χ2n) is 5.25. The van der Waals surface area contributed by atoms with Gasteiger partial charge in [0.25, 0.3) is 0 Å². The first kappa shape index (κ1) is 13.4. The molecule has 2 bridgehead atoms. The molecule has 0 amide bonds. The number of sulfone groups is 1. The molecule has 1 aromatic carbocycles. The first-order valence-electron chi connectivity index (χ1n) is 6.36. The summed E-state index contributed by atoms with van der Waals surface area (Å²) in [6, 6.07) is 5.43. The van der Waals surface area contributed by atoms with Crippen LogP contribution in [-0.2, 0) is 14.6 Å². The molecule has 0 unspecified atom stereocenters. The Bertz CT molecular complexity index is 602. The Morgan fingerprint density at radius 1 is 1.37 bits per heavy atom. The van der Waals surface area contributed by atoms with Crippen LogP contribution in [0, 0.1) is 0 Å². The predicted molar refractivity (Wildman–Crippen MR) is 77.2 cm³/mol. The van der Waals surface area contributed by atoms with Crippen LogP contribution in [0.15, 0.2) is 27.6 Å². The van der Waals surface area contributed by atoms with Gasteiger partial charge in [-0.25, -0.2) is 8.42 Å². The second kappa shape index (κ2) is 4.75. The van der Waals surface area contributed by atoms with Gasteiger partial charge in [-0.15, -0.1) is 0 Å². The molecule has 1 aromatic rings. The van der Waals surface area contributed by atoms with Crippen molar-refractivity contribution in [3.8, 4) is 0 Å². The van der Waals surface area contributed by atoms with Crippen molar-refractivity contribution in [3.63, 3.8) is 0 Å². The van der Waals surface area contributed by atoms with E-state index in [1.54, 1.807) is 12.1 Å². The Morgan fingerprint density at radius 2 is 2.16 bits per heavy atom. The Labute approximate surface area is 121 Å². The summed E-state index contributed by atoms with van der Waals surface area (Å²) in [6.45, 7) is 0. The van der Waals surface area contributed by atoms with Crippen LogP contribution >= 0.6 is 15.9 Å². The number of nitrogens with one attached hydrogen (secondary N) is 1. The maximum Gasteiger partial charge on any atom is 0.177 e. The van der Waals surface area contributed by atoms with Crippen LogP contribution in [0.5, 0.6) is 0 Å². The van der Waals surface area contributed by atoms with Crippen LogP contribution in [0.25, 0.3) is 0 Å². The van der Waals surface area contributed by atoms with Crippen LogP contribution in [0.1, 0.15) is 19.3 Å². The lowest BCUT2D eigenvalue weighted by molar-refractivity contribution is 0.102. The zero-order valence-electron chi connectivity index (χ0n) is 10.6.